The Bertz CT molecular complexity index is 859. The van der Waals surface area contributed by atoms with E-state index < -0.39 is 0 Å². The lowest BCUT2D eigenvalue weighted by Gasteiger charge is -2.05. The average molecular weight is 354 g/mol. The summed E-state index contributed by atoms with van der Waals surface area (Å²) in [5.41, 5.74) is 2.41. The zero-order valence-corrected chi connectivity index (χ0v) is 14.5. The van der Waals surface area contributed by atoms with E-state index in [9.17, 15) is 9.90 Å². The fraction of sp³-hybridized carbons (Fsp3) is 0.158. The summed E-state index contributed by atoms with van der Waals surface area (Å²) in [6, 6.07) is 14.0. The number of rotatable bonds is 6. The molecular weight excluding hydrogens is 336 g/mol. The average Bonchev–Trinajstić information content (AvgIpc) is 3.11. The van der Waals surface area contributed by atoms with Crippen molar-refractivity contribution >= 4 is 17.2 Å². The van der Waals surface area contributed by atoms with Crippen molar-refractivity contribution in [2.24, 2.45) is 0 Å². The normalized spacial score (nSPS) is 10.4. The Hall–Kier alpha value is -2.86. The maximum Gasteiger partial charge on any atom is 0.251 e. The molecular formula is C19H18N2O3S. The highest BCUT2D eigenvalue weighted by molar-refractivity contribution is 7.09. The van der Waals surface area contributed by atoms with E-state index in [1.54, 1.807) is 54.8 Å². The third-order valence-electron chi connectivity index (χ3n) is 3.67. The van der Waals surface area contributed by atoms with Crippen LogP contribution in [0.1, 0.15) is 15.4 Å². The van der Waals surface area contributed by atoms with Gasteiger partial charge in [0.1, 0.15) is 11.5 Å². The van der Waals surface area contributed by atoms with Crippen LogP contribution in [0.15, 0.2) is 53.9 Å². The van der Waals surface area contributed by atoms with Crippen LogP contribution in [0.5, 0.6) is 11.5 Å². The third-order valence-corrected chi connectivity index (χ3v) is 4.58. The molecule has 0 atom stereocenters. The number of aromatic hydroxyl groups is 1. The van der Waals surface area contributed by atoms with Gasteiger partial charge in [0.15, 0.2) is 0 Å². The van der Waals surface area contributed by atoms with Gasteiger partial charge in [-0.2, -0.15) is 0 Å². The van der Waals surface area contributed by atoms with Crippen molar-refractivity contribution in [2.75, 3.05) is 13.7 Å². The van der Waals surface area contributed by atoms with E-state index in [-0.39, 0.29) is 11.7 Å². The number of hydrogen-bond acceptors (Lipinski definition) is 5. The summed E-state index contributed by atoms with van der Waals surface area (Å²) >= 11 is 1.56. The molecule has 0 aliphatic carbocycles. The summed E-state index contributed by atoms with van der Waals surface area (Å²) < 4.78 is 5.13. The molecule has 0 aliphatic rings. The number of thiazole rings is 1. The molecule has 128 valence electrons. The molecule has 0 unspecified atom stereocenters. The lowest BCUT2D eigenvalue weighted by atomic mass is 10.2. The molecule has 2 aromatic carbocycles. The van der Waals surface area contributed by atoms with Crippen LogP contribution in [0, 0.1) is 0 Å². The molecule has 3 rings (SSSR count). The summed E-state index contributed by atoms with van der Waals surface area (Å²) in [5, 5.41) is 15.2. The molecule has 2 N–H and O–H groups in total. The van der Waals surface area contributed by atoms with E-state index in [2.05, 4.69) is 10.3 Å². The number of carbonyl (C=O) groups is 1. The smallest absolute Gasteiger partial charge is 0.251 e. The van der Waals surface area contributed by atoms with Gasteiger partial charge in [0.25, 0.3) is 5.91 Å². The van der Waals surface area contributed by atoms with Gasteiger partial charge in [-0.1, -0.05) is 6.07 Å². The first-order valence-electron chi connectivity index (χ1n) is 7.82. The predicted molar refractivity (Wildman–Crippen MR) is 98.2 cm³/mol. The fourth-order valence-electron chi connectivity index (χ4n) is 2.34. The number of methoxy groups -OCH3 is 1. The molecule has 25 heavy (non-hydrogen) atoms. The van der Waals surface area contributed by atoms with E-state index >= 15 is 0 Å². The van der Waals surface area contributed by atoms with Gasteiger partial charge < -0.3 is 15.2 Å². The molecule has 0 fully saturated rings. The molecule has 1 heterocycles. The van der Waals surface area contributed by atoms with Crippen LogP contribution < -0.4 is 10.1 Å². The third kappa shape index (κ3) is 4.36. The Kier molecular flexibility index (Phi) is 5.30. The lowest BCUT2D eigenvalue weighted by molar-refractivity contribution is 0.0954. The van der Waals surface area contributed by atoms with Crippen molar-refractivity contribution in [3.8, 4) is 22.8 Å². The van der Waals surface area contributed by atoms with Crippen LogP contribution in [0.4, 0.5) is 0 Å². The molecule has 0 spiro atoms. The minimum absolute atomic E-state index is 0.130. The van der Waals surface area contributed by atoms with Crippen LogP contribution >= 0.6 is 11.3 Å². The molecule has 0 bridgehead atoms. The second-order valence-corrected chi connectivity index (χ2v) is 6.35. The minimum Gasteiger partial charge on any atom is -0.508 e. The first kappa shape index (κ1) is 17.0. The predicted octanol–water partition coefficient (Wildman–Crippen LogP) is 3.50. The summed E-state index contributed by atoms with van der Waals surface area (Å²) in [6.45, 7) is 0.512. The molecule has 0 aliphatic heterocycles. The molecule has 3 aromatic rings. The Balaban J connectivity index is 1.55. The maximum atomic E-state index is 12.2. The zero-order valence-electron chi connectivity index (χ0n) is 13.7. The van der Waals surface area contributed by atoms with Gasteiger partial charge in [0.2, 0.25) is 0 Å². The highest BCUT2D eigenvalue weighted by Gasteiger charge is 2.08. The zero-order chi connectivity index (χ0) is 17.6. The van der Waals surface area contributed by atoms with Crippen LogP contribution in [0.3, 0.4) is 0 Å². The van der Waals surface area contributed by atoms with Crippen molar-refractivity contribution in [3.05, 3.63) is 64.5 Å². The summed E-state index contributed by atoms with van der Waals surface area (Å²) in [4.78, 5) is 16.7. The van der Waals surface area contributed by atoms with Crippen molar-refractivity contribution in [3.63, 3.8) is 0 Å². The van der Waals surface area contributed by atoms with Crippen molar-refractivity contribution in [1.82, 2.24) is 10.3 Å². The first-order valence-corrected chi connectivity index (χ1v) is 8.70. The summed E-state index contributed by atoms with van der Waals surface area (Å²) in [7, 11) is 1.57. The highest BCUT2D eigenvalue weighted by Crippen LogP contribution is 2.23. The molecule has 0 radical (unpaired) electrons. The molecule has 0 saturated heterocycles. The number of nitrogens with zero attached hydrogens (tertiary/aromatic N) is 1. The highest BCUT2D eigenvalue weighted by atomic mass is 32.1. The van der Waals surface area contributed by atoms with E-state index in [1.807, 2.05) is 17.5 Å². The van der Waals surface area contributed by atoms with Gasteiger partial charge in [-0.05, 0) is 42.5 Å². The lowest BCUT2D eigenvalue weighted by Crippen LogP contribution is -2.25. The maximum absolute atomic E-state index is 12.2. The second kappa shape index (κ2) is 7.81. The Labute approximate surface area is 149 Å². The van der Waals surface area contributed by atoms with Gasteiger partial charge in [-0.15, -0.1) is 11.3 Å². The molecule has 1 amide bonds. The van der Waals surface area contributed by atoms with E-state index in [0.717, 1.165) is 16.3 Å². The number of ether oxygens (including phenoxy) is 1. The van der Waals surface area contributed by atoms with Crippen molar-refractivity contribution in [1.29, 1.82) is 0 Å². The second-order valence-electron chi connectivity index (χ2n) is 5.41. The van der Waals surface area contributed by atoms with Crippen LogP contribution in [-0.4, -0.2) is 29.7 Å². The Morgan fingerprint density at radius 3 is 2.80 bits per heavy atom. The number of hydrogen-bond donors (Lipinski definition) is 2. The number of phenolic OH excluding ortho intramolecular Hbond substituents is 1. The molecule has 5 nitrogen and oxygen atoms in total. The van der Waals surface area contributed by atoms with Crippen LogP contribution in [0.2, 0.25) is 0 Å². The quantitative estimate of drug-likeness (QED) is 0.711. The largest absolute Gasteiger partial charge is 0.508 e. The Morgan fingerprint density at radius 2 is 2.04 bits per heavy atom. The first-order chi connectivity index (χ1) is 12.2. The summed E-state index contributed by atoms with van der Waals surface area (Å²) in [5.74, 6) is 0.764. The van der Waals surface area contributed by atoms with Gasteiger partial charge in [0, 0.05) is 29.5 Å². The van der Waals surface area contributed by atoms with Gasteiger partial charge in [-0.25, -0.2) is 4.98 Å². The van der Waals surface area contributed by atoms with E-state index in [0.29, 0.717) is 24.3 Å². The summed E-state index contributed by atoms with van der Waals surface area (Å²) in [6.07, 6.45) is 0.665. The standard InChI is InChI=1S/C19H18N2O3S/c1-24-16-4-2-3-14(11-16)19(23)20-10-9-18-21-17(12-25-18)13-5-7-15(22)8-6-13/h2-8,11-12,22H,9-10H2,1H3,(H,20,23). The van der Waals surface area contributed by atoms with Crippen molar-refractivity contribution in [2.45, 2.75) is 6.42 Å². The molecule has 0 saturated carbocycles. The van der Waals surface area contributed by atoms with Crippen LogP contribution in [-0.2, 0) is 6.42 Å². The number of phenols is 1. The van der Waals surface area contributed by atoms with Crippen LogP contribution in [0.25, 0.3) is 11.3 Å². The van der Waals surface area contributed by atoms with E-state index in [4.69, 9.17) is 4.74 Å². The fourth-order valence-corrected chi connectivity index (χ4v) is 3.15. The number of amides is 1. The topological polar surface area (TPSA) is 71.5 Å². The van der Waals surface area contributed by atoms with E-state index in [1.165, 1.54) is 0 Å². The monoisotopic (exact) mass is 354 g/mol. The number of aromatic nitrogens is 1. The Morgan fingerprint density at radius 1 is 1.24 bits per heavy atom. The number of benzene rings is 2. The van der Waals surface area contributed by atoms with Crippen molar-refractivity contribution < 1.29 is 14.6 Å². The van der Waals surface area contributed by atoms with Gasteiger partial charge >= 0.3 is 0 Å². The van der Waals surface area contributed by atoms with Gasteiger partial charge in [0.05, 0.1) is 17.8 Å². The number of carbonyl (C=O) groups excluding carboxylic acids is 1. The molecule has 1 aromatic heterocycles. The van der Waals surface area contributed by atoms with Gasteiger partial charge in [-0.3, -0.25) is 4.79 Å². The minimum atomic E-state index is -0.130. The molecule has 6 heteroatoms. The number of nitrogens with one attached hydrogen (secondary N) is 1. The SMILES string of the molecule is COc1cccc(C(=O)NCCc2nc(-c3ccc(O)cc3)cs2)c1.